The van der Waals surface area contributed by atoms with E-state index in [0.717, 1.165) is 16.6 Å². The van der Waals surface area contributed by atoms with Crippen molar-refractivity contribution in [1.29, 1.82) is 0 Å². The first kappa shape index (κ1) is 21.6. The van der Waals surface area contributed by atoms with Crippen LogP contribution in [0.5, 0.6) is 0 Å². The molecular weight excluding hydrogens is 432 g/mol. The standard InChI is InChI=1S/C22H24N4O3S2/c1-15(21(27)26(2)17-12-13-31(28,29)14-17)30-22-24-19-11-7-6-10-18(19)20(25-22)23-16-8-4-3-5-9-16/h3-11,15,17H,12-14H2,1-2H3,(H,23,24,25)/t15-,17-/m1/s1. The number of hydrogen-bond donors (Lipinski definition) is 1. The van der Waals surface area contributed by atoms with Crippen LogP contribution >= 0.6 is 11.8 Å². The molecule has 0 radical (unpaired) electrons. The Kier molecular flexibility index (Phi) is 6.15. The highest BCUT2D eigenvalue weighted by molar-refractivity contribution is 8.00. The number of carbonyl (C=O) groups is 1. The minimum absolute atomic E-state index is 0.0320. The van der Waals surface area contributed by atoms with Gasteiger partial charge in [-0.25, -0.2) is 18.4 Å². The Hall–Kier alpha value is -2.65. The summed E-state index contributed by atoms with van der Waals surface area (Å²) in [7, 11) is -1.38. The van der Waals surface area contributed by atoms with Gasteiger partial charge in [0, 0.05) is 24.2 Å². The number of nitrogens with zero attached hydrogens (tertiary/aromatic N) is 3. The first-order chi connectivity index (χ1) is 14.8. The Balaban J connectivity index is 1.55. The molecule has 1 aliphatic rings. The third-order valence-corrected chi connectivity index (χ3v) is 8.05. The molecule has 0 bridgehead atoms. The van der Waals surface area contributed by atoms with Crippen molar-refractivity contribution in [2.75, 3.05) is 23.9 Å². The quantitative estimate of drug-likeness (QED) is 0.448. The Bertz CT molecular complexity index is 1200. The number of nitrogens with one attached hydrogen (secondary N) is 1. The lowest BCUT2D eigenvalue weighted by molar-refractivity contribution is -0.130. The Morgan fingerprint density at radius 1 is 1.13 bits per heavy atom. The summed E-state index contributed by atoms with van der Waals surface area (Å²) >= 11 is 1.28. The molecule has 9 heteroatoms. The number of amides is 1. The summed E-state index contributed by atoms with van der Waals surface area (Å²) in [5.41, 5.74) is 1.70. The zero-order chi connectivity index (χ0) is 22.0. The van der Waals surface area contributed by atoms with E-state index in [2.05, 4.69) is 15.3 Å². The second-order valence-electron chi connectivity index (χ2n) is 7.63. The van der Waals surface area contributed by atoms with Gasteiger partial charge in [0.2, 0.25) is 5.91 Å². The van der Waals surface area contributed by atoms with Gasteiger partial charge in [-0.3, -0.25) is 4.79 Å². The maximum absolute atomic E-state index is 12.9. The highest BCUT2D eigenvalue weighted by Crippen LogP contribution is 2.29. The van der Waals surface area contributed by atoms with Gasteiger partial charge in [-0.15, -0.1) is 0 Å². The predicted octanol–water partition coefficient (Wildman–Crippen LogP) is 3.50. The SMILES string of the molecule is C[C@@H](Sc1nc(Nc2ccccc2)c2ccccc2n1)C(=O)N(C)[C@@H]1CCS(=O)(=O)C1. The second-order valence-corrected chi connectivity index (χ2v) is 11.2. The monoisotopic (exact) mass is 456 g/mol. The molecule has 1 N–H and O–H groups in total. The average molecular weight is 457 g/mol. The molecule has 1 amide bonds. The maximum atomic E-state index is 12.9. The van der Waals surface area contributed by atoms with E-state index in [0.29, 0.717) is 17.4 Å². The topological polar surface area (TPSA) is 92.3 Å². The fourth-order valence-electron chi connectivity index (χ4n) is 3.62. The molecule has 0 saturated carbocycles. The van der Waals surface area contributed by atoms with Gasteiger partial charge in [0.1, 0.15) is 5.82 Å². The Morgan fingerprint density at radius 3 is 2.55 bits per heavy atom. The normalized spacial score (nSPS) is 18.6. The van der Waals surface area contributed by atoms with E-state index < -0.39 is 15.1 Å². The molecule has 31 heavy (non-hydrogen) atoms. The number of hydrogen-bond acceptors (Lipinski definition) is 7. The lowest BCUT2D eigenvalue weighted by atomic mass is 10.2. The van der Waals surface area contributed by atoms with Gasteiger partial charge < -0.3 is 10.2 Å². The number of rotatable bonds is 6. The fourth-order valence-corrected chi connectivity index (χ4v) is 6.27. The largest absolute Gasteiger partial charge is 0.341 e. The lowest BCUT2D eigenvalue weighted by Gasteiger charge is -2.26. The molecule has 4 rings (SSSR count). The summed E-state index contributed by atoms with van der Waals surface area (Å²) in [6.45, 7) is 1.80. The van der Waals surface area contributed by atoms with Gasteiger partial charge in [-0.05, 0) is 37.6 Å². The van der Waals surface area contributed by atoms with Crippen LogP contribution < -0.4 is 5.32 Å². The highest BCUT2D eigenvalue weighted by atomic mass is 32.2. The summed E-state index contributed by atoms with van der Waals surface area (Å²) in [6.07, 6.45) is 0.486. The van der Waals surface area contributed by atoms with E-state index in [1.54, 1.807) is 18.9 Å². The molecule has 2 heterocycles. The van der Waals surface area contributed by atoms with Crippen LogP contribution in [0.3, 0.4) is 0 Å². The van der Waals surface area contributed by atoms with Gasteiger partial charge in [0.15, 0.2) is 15.0 Å². The van der Waals surface area contributed by atoms with E-state index in [9.17, 15) is 13.2 Å². The first-order valence-electron chi connectivity index (χ1n) is 10.0. The van der Waals surface area contributed by atoms with Crippen LogP contribution in [0.15, 0.2) is 59.8 Å². The third-order valence-electron chi connectivity index (χ3n) is 5.35. The van der Waals surface area contributed by atoms with Crippen LogP contribution in [0.2, 0.25) is 0 Å². The molecule has 0 spiro atoms. The van der Waals surface area contributed by atoms with Crippen LogP contribution in [0.25, 0.3) is 10.9 Å². The number of thioether (sulfide) groups is 1. The van der Waals surface area contributed by atoms with E-state index in [-0.39, 0.29) is 23.5 Å². The number of fused-ring (bicyclic) bond motifs is 1. The molecule has 1 aromatic heterocycles. The van der Waals surface area contributed by atoms with Gasteiger partial charge in [-0.2, -0.15) is 0 Å². The van der Waals surface area contributed by atoms with Gasteiger partial charge in [0.05, 0.1) is 22.3 Å². The molecule has 1 aliphatic heterocycles. The average Bonchev–Trinajstić information content (AvgIpc) is 3.13. The van der Waals surface area contributed by atoms with E-state index in [4.69, 9.17) is 0 Å². The van der Waals surface area contributed by atoms with Gasteiger partial charge >= 0.3 is 0 Å². The van der Waals surface area contributed by atoms with Crippen LogP contribution in [-0.2, 0) is 14.6 Å². The summed E-state index contributed by atoms with van der Waals surface area (Å²) in [5.74, 6) is 0.721. The Labute approximate surface area is 186 Å². The van der Waals surface area contributed by atoms with Crippen molar-refractivity contribution < 1.29 is 13.2 Å². The van der Waals surface area contributed by atoms with Crippen LogP contribution in [-0.4, -0.2) is 59.0 Å². The molecule has 2 atom stereocenters. The lowest BCUT2D eigenvalue weighted by Crippen LogP contribution is -2.41. The van der Waals surface area contributed by atoms with Crippen molar-refractivity contribution in [1.82, 2.24) is 14.9 Å². The van der Waals surface area contributed by atoms with Gasteiger partial charge in [0.25, 0.3) is 0 Å². The molecule has 1 fully saturated rings. The molecular formula is C22H24N4O3S2. The zero-order valence-corrected chi connectivity index (χ0v) is 19.0. The highest BCUT2D eigenvalue weighted by Gasteiger charge is 2.34. The maximum Gasteiger partial charge on any atom is 0.235 e. The molecule has 1 saturated heterocycles. The summed E-state index contributed by atoms with van der Waals surface area (Å²) in [4.78, 5) is 23.8. The molecule has 0 unspecified atom stereocenters. The fraction of sp³-hybridized carbons (Fsp3) is 0.318. The van der Waals surface area contributed by atoms with Crippen LogP contribution in [0.4, 0.5) is 11.5 Å². The molecule has 3 aromatic rings. The van der Waals surface area contributed by atoms with Gasteiger partial charge in [-0.1, -0.05) is 42.1 Å². The second kappa shape index (κ2) is 8.84. The summed E-state index contributed by atoms with van der Waals surface area (Å²) in [6, 6.07) is 17.2. The smallest absolute Gasteiger partial charge is 0.235 e. The van der Waals surface area contributed by atoms with Crippen molar-refractivity contribution in [2.45, 2.75) is 29.8 Å². The number of benzene rings is 2. The van der Waals surface area contributed by atoms with Crippen molar-refractivity contribution >= 4 is 49.9 Å². The summed E-state index contributed by atoms with van der Waals surface area (Å²) < 4.78 is 23.5. The van der Waals surface area contributed by atoms with Crippen molar-refractivity contribution in [3.8, 4) is 0 Å². The number of anilines is 2. The van der Waals surface area contributed by atoms with Crippen molar-refractivity contribution in [3.05, 3.63) is 54.6 Å². The Morgan fingerprint density at radius 2 is 1.84 bits per heavy atom. The van der Waals surface area contributed by atoms with Crippen LogP contribution in [0, 0.1) is 0 Å². The molecule has 7 nitrogen and oxygen atoms in total. The molecule has 2 aromatic carbocycles. The number of sulfone groups is 1. The minimum atomic E-state index is -3.05. The molecule has 0 aliphatic carbocycles. The molecule has 162 valence electrons. The van der Waals surface area contributed by atoms with E-state index in [1.165, 1.54) is 11.8 Å². The third kappa shape index (κ3) is 4.99. The van der Waals surface area contributed by atoms with Crippen molar-refractivity contribution in [2.24, 2.45) is 0 Å². The predicted molar refractivity (Wildman–Crippen MR) is 124 cm³/mol. The number of carbonyl (C=O) groups excluding carboxylic acids is 1. The number of para-hydroxylation sites is 2. The summed E-state index contributed by atoms with van der Waals surface area (Å²) in [5, 5.41) is 4.28. The van der Waals surface area contributed by atoms with E-state index in [1.807, 2.05) is 54.6 Å². The van der Waals surface area contributed by atoms with Crippen LogP contribution in [0.1, 0.15) is 13.3 Å². The minimum Gasteiger partial charge on any atom is -0.341 e. The van der Waals surface area contributed by atoms with E-state index >= 15 is 0 Å². The number of aromatic nitrogens is 2. The van der Waals surface area contributed by atoms with Crippen molar-refractivity contribution in [3.63, 3.8) is 0 Å². The zero-order valence-electron chi connectivity index (χ0n) is 17.4. The first-order valence-corrected chi connectivity index (χ1v) is 12.7.